The van der Waals surface area contributed by atoms with Crippen molar-refractivity contribution < 1.29 is 9.13 Å². The average Bonchev–Trinajstić information content (AvgIpc) is 2.78. The van der Waals surface area contributed by atoms with Crippen molar-refractivity contribution in [2.75, 3.05) is 0 Å². The number of nitrogens with one attached hydrogen (secondary N) is 1. The fourth-order valence-electron chi connectivity index (χ4n) is 1.29. The van der Waals surface area contributed by atoms with Crippen LogP contribution >= 0.6 is 27.3 Å². The Hall–Kier alpha value is -1.05. The van der Waals surface area contributed by atoms with Gasteiger partial charge in [0.1, 0.15) is 16.6 Å². The van der Waals surface area contributed by atoms with Crippen LogP contribution in [0.2, 0.25) is 0 Å². The highest BCUT2D eigenvalue weighted by atomic mass is 79.9. The molecule has 0 saturated carbocycles. The lowest BCUT2D eigenvalue weighted by Crippen LogP contribution is -2.21. The van der Waals surface area contributed by atoms with Crippen molar-refractivity contribution in [1.29, 1.82) is 0 Å². The molecule has 4 nitrogen and oxygen atoms in total. The van der Waals surface area contributed by atoms with Gasteiger partial charge >= 0.3 is 0 Å². The lowest BCUT2D eigenvalue weighted by Gasteiger charge is -2.04. The van der Waals surface area contributed by atoms with Gasteiger partial charge in [0.25, 0.3) is 5.19 Å². The van der Waals surface area contributed by atoms with Gasteiger partial charge in [-0.1, -0.05) is 30.3 Å². The summed E-state index contributed by atoms with van der Waals surface area (Å²) in [5.41, 5.74) is 0. The molecular weight excluding hydrogens is 333 g/mol. The van der Waals surface area contributed by atoms with Crippen molar-refractivity contribution in [3.63, 3.8) is 0 Å². The summed E-state index contributed by atoms with van der Waals surface area (Å²) in [7, 11) is 0. The van der Waals surface area contributed by atoms with Gasteiger partial charge in [0.2, 0.25) is 0 Å². The minimum absolute atomic E-state index is 0.321. The lowest BCUT2D eigenvalue weighted by atomic mass is 10.3. The Labute approximate surface area is 123 Å². The topological polar surface area (TPSA) is 47.0 Å². The predicted octanol–water partition coefficient (Wildman–Crippen LogP) is 3.73. The molecule has 2 rings (SSSR count). The van der Waals surface area contributed by atoms with Crippen LogP contribution in [0.3, 0.4) is 0 Å². The zero-order valence-electron chi connectivity index (χ0n) is 10.5. The molecule has 1 heterocycles. The van der Waals surface area contributed by atoms with E-state index < -0.39 is 0 Å². The summed E-state index contributed by atoms with van der Waals surface area (Å²) < 4.78 is 19.0. The van der Waals surface area contributed by atoms with Crippen LogP contribution in [0.15, 0.2) is 22.7 Å². The standard InChI is InChI=1S/C12H13BrFN3OS/c1-7(2)15-6-11-16-17-12(19-11)18-10-4-3-8(14)5-9(10)13/h3-5,7,15H,6H2,1-2H3. The van der Waals surface area contributed by atoms with Gasteiger partial charge < -0.3 is 10.1 Å². The lowest BCUT2D eigenvalue weighted by molar-refractivity contribution is 0.468. The fraction of sp³-hybridized carbons (Fsp3) is 0.333. The highest BCUT2D eigenvalue weighted by molar-refractivity contribution is 9.10. The van der Waals surface area contributed by atoms with Gasteiger partial charge in [0.15, 0.2) is 0 Å². The van der Waals surface area contributed by atoms with E-state index in [4.69, 9.17) is 4.74 Å². The number of rotatable bonds is 5. The molecule has 0 bridgehead atoms. The Morgan fingerprint density at radius 2 is 2.21 bits per heavy atom. The predicted molar refractivity (Wildman–Crippen MR) is 76.1 cm³/mol. The largest absolute Gasteiger partial charge is 0.429 e. The molecule has 2 aromatic rings. The molecule has 0 fully saturated rings. The SMILES string of the molecule is CC(C)NCc1nnc(Oc2ccc(F)cc2Br)s1. The van der Waals surface area contributed by atoms with Crippen molar-refractivity contribution in [2.24, 2.45) is 0 Å². The molecule has 0 aliphatic carbocycles. The number of ether oxygens (including phenoxy) is 1. The average molecular weight is 346 g/mol. The van der Waals surface area contributed by atoms with Gasteiger partial charge in [-0.05, 0) is 34.1 Å². The molecule has 0 aliphatic rings. The summed E-state index contributed by atoms with van der Waals surface area (Å²) in [4.78, 5) is 0. The van der Waals surface area contributed by atoms with Crippen LogP contribution in [0.25, 0.3) is 0 Å². The molecule has 0 unspecified atom stereocenters. The van der Waals surface area contributed by atoms with Gasteiger partial charge in [-0.3, -0.25) is 0 Å². The Morgan fingerprint density at radius 3 is 2.89 bits per heavy atom. The first kappa shape index (κ1) is 14.4. The van der Waals surface area contributed by atoms with Crippen LogP contribution in [0.4, 0.5) is 4.39 Å². The first-order chi connectivity index (χ1) is 9.04. The summed E-state index contributed by atoms with van der Waals surface area (Å²) in [5.74, 6) is 0.194. The van der Waals surface area contributed by atoms with Crippen LogP contribution in [0, 0.1) is 5.82 Å². The highest BCUT2D eigenvalue weighted by Crippen LogP contribution is 2.31. The molecule has 7 heteroatoms. The second kappa shape index (κ2) is 6.40. The molecule has 102 valence electrons. The molecule has 0 saturated heterocycles. The molecule has 0 atom stereocenters. The Kier molecular flexibility index (Phi) is 4.84. The van der Waals surface area contributed by atoms with Crippen molar-refractivity contribution >= 4 is 27.3 Å². The van der Waals surface area contributed by atoms with Crippen LogP contribution in [-0.4, -0.2) is 16.2 Å². The molecule has 0 radical (unpaired) electrons. The molecule has 19 heavy (non-hydrogen) atoms. The molecule has 1 N–H and O–H groups in total. The zero-order valence-corrected chi connectivity index (χ0v) is 12.9. The van der Waals surface area contributed by atoms with Crippen LogP contribution in [-0.2, 0) is 6.54 Å². The molecule has 0 amide bonds. The molecular formula is C12H13BrFN3OS. The number of benzene rings is 1. The third-order valence-corrected chi connectivity index (χ3v) is 3.62. The second-order valence-electron chi connectivity index (χ2n) is 4.17. The summed E-state index contributed by atoms with van der Waals surface area (Å²) in [6.07, 6.45) is 0. The normalized spacial score (nSPS) is 11.0. The maximum Gasteiger partial charge on any atom is 0.299 e. The third-order valence-electron chi connectivity index (χ3n) is 2.20. The van der Waals surface area contributed by atoms with Crippen molar-refractivity contribution in [1.82, 2.24) is 15.5 Å². The molecule has 0 spiro atoms. The van der Waals surface area contributed by atoms with Crippen molar-refractivity contribution in [3.8, 4) is 10.9 Å². The number of hydrogen-bond donors (Lipinski definition) is 1. The van der Waals surface area contributed by atoms with E-state index in [1.165, 1.54) is 23.5 Å². The maximum absolute atomic E-state index is 12.9. The van der Waals surface area contributed by atoms with E-state index in [1.807, 2.05) is 0 Å². The van der Waals surface area contributed by atoms with Gasteiger partial charge in [-0.15, -0.1) is 5.10 Å². The van der Waals surface area contributed by atoms with Crippen LogP contribution < -0.4 is 10.1 Å². The minimum Gasteiger partial charge on any atom is -0.429 e. The molecule has 0 aliphatic heterocycles. The van der Waals surface area contributed by atoms with E-state index in [0.29, 0.717) is 28.0 Å². The quantitative estimate of drug-likeness (QED) is 0.896. The minimum atomic E-state index is -0.321. The summed E-state index contributed by atoms with van der Waals surface area (Å²) in [5, 5.41) is 12.5. The van der Waals surface area contributed by atoms with E-state index in [1.54, 1.807) is 6.07 Å². The number of hydrogen-bond acceptors (Lipinski definition) is 5. The summed E-state index contributed by atoms with van der Waals surface area (Å²) in [6.45, 7) is 4.78. The van der Waals surface area contributed by atoms with E-state index in [-0.39, 0.29) is 5.82 Å². The van der Waals surface area contributed by atoms with E-state index in [9.17, 15) is 4.39 Å². The fourth-order valence-corrected chi connectivity index (χ4v) is 2.38. The van der Waals surface area contributed by atoms with Gasteiger partial charge in [-0.2, -0.15) is 0 Å². The van der Waals surface area contributed by atoms with Crippen molar-refractivity contribution in [3.05, 3.63) is 33.5 Å². The first-order valence-corrected chi connectivity index (χ1v) is 7.34. The number of halogens is 2. The number of nitrogens with zero attached hydrogens (tertiary/aromatic N) is 2. The van der Waals surface area contributed by atoms with Gasteiger partial charge in [0.05, 0.1) is 11.0 Å². The number of aromatic nitrogens is 2. The van der Waals surface area contributed by atoms with E-state index in [2.05, 4.69) is 45.3 Å². The first-order valence-electron chi connectivity index (χ1n) is 5.73. The van der Waals surface area contributed by atoms with E-state index >= 15 is 0 Å². The second-order valence-corrected chi connectivity index (χ2v) is 6.05. The molecule has 1 aromatic carbocycles. The monoisotopic (exact) mass is 345 g/mol. The maximum atomic E-state index is 12.9. The van der Waals surface area contributed by atoms with Crippen LogP contribution in [0.5, 0.6) is 10.9 Å². The third kappa shape index (κ3) is 4.22. The van der Waals surface area contributed by atoms with E-state index in [0.717, 1.165) is 5.01 Å². The Bertz CT molecular complexity index is 562. The Balaban J connectivity index is 2.03. The van der Waals surface area contributed by atoms with Crippen LogP contribution in [0.1, 0.15) is 18.9 Å². The molecule has 1 aromatic heterocycles. The van der Waals surface area contributed by atoms with Crippen molar-refractivity contribution in [2.45, 2.75) is 26.4 Å². The van der Waals surface area contributed by atoms with Gasteiger partial charge in [0, 0.05) is 6.04 Å². The summed E-state index contributed by atoms with van der Waals surface area (Å²) in [6, 6.07) is 4.62. The smallest absolute Gasteiger partial charge is 0.299 e. The summed E-state index contributed by atoms with van der Waals surface area (Å²) >= 11 is 4.60. The Morgan fingerprint density at radius 1 is 1.42 bits per heavy atom. The highest BCUT2D eigenvalue weighted by Gasteiger charge is 2.09. The van der Waals surface area contributed by atoms with Gasteiger partial charge in [-0.25, -0.2) is 4.39 Å². The zero-order chi connectivity index (χ0) is 13.8.